The third-order valence-corrected chi connectivity index (χ3v) is 4.04. The monoisotopic (exact) mass is 315 g/mol. The van der Waals surface area contributed by atoms with Crippen LogP contribution in [0.4, 0.5) is 10.1 Å². The molecule has 23 heavy (non-hydrogen) atoms. The first-order chi connectivity index (χ1) is 11.0. The van der Waals surface area contributed by atoms with E-state index in [9.17, 15) is 14.3 Å². The predicted octanol–water partition coefficient (Wildman–Crippen LogP) is 2.85. The zero-order chi connectivity index (χ0) is 16.4. The molecule has 0 radical (unpaired) electrons. The van der Waals surface area contributed by atoms with Gasteiger partial charge in [-0.15, -0.1) is 0 Å². The van der Waals surface area contributed by atoms with Crippen LogP contribution in [0.15, 0.2) is 42.5 Å². The van der Waals surface area contributed by atoms with E-state index in [-0.39, 0.29) is 12.3 Å². The van der Waals surface area contributed by atoms with Crippen molar-refractivity contribution < 1.29 is 19.0 Å². The first kappa shape index (κ1) is 15.5. The maximum absolute atomic E-state index is 13.2. The summed E-state index contributed by atoms with van der Waals surface area (Å²) in [5.74, 6) is 0.191. The maximum atomic E-state index is 13.2. The maximum Gasteiger partial charge on any atom is 0.229 e. The molecule has 4 nitrogen and oxygen atoms in total. The number of benzene rings is 2. The Morgan fingerprint density at radius 3 is 2.96 bits per heavy atom. The van der Waals surface area contributed by atoms with Crippen LogP contribution in [-0.2, 0) is 11.2 Å². The number of rotatable bonds is 4. The molecular weight excluding hydrogens is 297 g/mol. The van der Waals surface area contributed by atoms with E-state index in [1.54, 1.807) is 13.1 Å². The molecule has 0 aliphatic carbocycles. The number of carbonyl (C=O) groups is 1. The second-order valence-electron chi connectivity index (χ2n) is 5.62. The smallest absolute Gasteiger partial charge is 0.229 e. The molecule has 2 aromatic rings. The Balaban J connectivity index is 1.70. The Morgan fingerprint density at radius 1 is 1.35 bits per heavy atom. The second-order valence-corrected chi connectivity index (χ2v) is 5.62. The number of hydrogen-bond acceptors (Lipinski definition) is 3. The van der Waals surface area contributed by atoms with E-state index >= 15 is 0 Å². The van der Waals surface area contributed by atoms with Crippen molar-refractivity contribution in [3.8, 4) is 5.75 Å². The summed E-state index contributed by atoms with van der Waals surface area (Å²) >= 11 is 0. The number of aliphatic hydroxyl groups is 1. The molecule has 1 aliphatic rings. The van der Waals surface area contributed by atoms with Crippen molar-refractivity contribution in [3.05, 3.63) is 59.4 Å². The van der Waals surface area contributed by atoms with E-state index in [0.717, 1.165) is 23.4 Å². The van der Waals surface area contributed by atoms with Crippen molar-refractivity contribution in [1.82, 2.24) is 0 Å². The van der Waals surface area contributed by atoms with Crippen LogP contribution in [0.1, 0.15) is 23.7 Å². The Morgan fingerprint density at radius 2 is 2.17 bits per heavy atom. The van der Waals surface area contributed by atoms with Gasteiger partial charge in [-0.2, -0.15) is 0 Å². The van der Waals surface area contributed by atoms with E-state index in [4.69, 9.17) is 4.74 Å². The minimum Gasteiger partial charge on any atom is -0.493 e. The number of halogens is 1. The quantitative estimate of drug-likeness (QED) is 0.944. The Bertz CT molecular complexity index is 732. The number of aliphatic hydroxyl groups excluding tert-OH is 1. The van der Waals surface area contributed by atoms with Crippen LogP contribution in [0.5, 0.6) is 5.75 Å². The molecule has 3 rings (SSSR count). The fourth-order valence-electron chi connectivity index (χ4n) is 2.66. The number of amides is 1. The van der Waals surface area contributed by atoms with Crippen molar-refractivity contribution in [2.24, 2.45) is 0 Å². The molecule has 2 aromatic carbocycles. The summed E-state index contributed by atoms with van der Waals surface area (Å²) in [5.41, 5.74) is 2.23. The number of hydrogen-bond donors (Lipinski definition) is 1. The molecule has 1 N–H and O–H groups in total. The minimum absolute atomic E-state index is 0.104. The molecule has 5 heteroatoms. The van der Waals surface area contributed by atoms with Gasteiger partial charge in [-0.25, -0.2) is 4.39 Å². The van der Waals surface area contributed by atoms with Crippen LogP contribution in [0.2, 0.25) is 0 Å². The second kappa shape index (κ2) is 6.38. The third-order valence-electron chi connectivity index (χ3n) is 4.04. The molecule has 0 saturated heterocycles. The summed E-state index contributed by atoms with van der Waals surface area (Å²) in [6.07, 6.45) is -0.302. The molecule has 0 bridgehead atoms. The van der Waals surface area contributed by atoms with Gasteiger partial charge < -0.3 is 14.7 Å². The van der Waals surface area contributed by atoms with Gasteiger partial charge in [0.05, 0.1) is 19.1 Å². The van der Waals surface area contributed by atoms with E-state index in [1.807, 2.05) is 18.2 Å². The molecule has 0 saturated carbocycles. The first-order valence-electron chi connectivity index (χ1n) is 7.50. The normalized spacial score (nSPS) is 14.0. The standard InChI is InChI=1S/C18H18FNO3/c1-20(15-5-6-17-13(10-15)7-8-23-17)18(22)11-16(21)12-3-2-4-14(19)9-12/h2-6,9-10,16,21H,7-8,11H2,1H3. The highest BCUT2D eigenvalue weighted by atomic mass is 19.1. The van der Waals surface area contributed by atoms with Gasteiger partial charge >= 0.3 is 0 Å². The average Bonchev–Trinajstić information content (AvgIpc) is 3.01. The molecule has 0 spiro atoms. The van der Waals surface area contributed by atoms with Crippen molar-refractivity contribution in [2.75, 3.05) is 18.6 Å². The number of carbonyl (C=O) groups excluding carboxylic acids is 1. The molecule has 120 valence electrons. The molecule has 1 unspecified atom stereocenters. The highest BCUT2D eigenvalue weighted by molar-refractivity contribution is 5.93. The fourth-order valence-corrected chi connectivity index (χ4v) is 2.66. The van der Waals surface area contributed by atoms with Gasteiger partial charge in [0.15, 0.2) is 0 Å². The average molecular weight is 315 g/mol. The molecule has 1 heterocycles. The molecule has 0 fully saturated rings. The van der Waals surface area contributed by atoms with Crippen molar-refractivity contribution >= 4 is 11.6 Å². The Kier molecular flexibility index (Phi) is 4.30. The van der Waals surface area contributed by atoms with Crippen LogP contribution in [0, 0.1) is 5.82 Å². The lowest BCUT2D eigenvalue weighted by Gasteiger charge is -2.20. The Hall–Kier alpha value is -2.40. The molecule has 0 aromatic heterocycles. The van der Waals surface area contributed by atoms with Crippen LogP contribution < -0.4 is 9.64 Å². The molecule has 1 atom stereocenters. The number of ether oxygens (including phenoxy) is 1. The summed E-state index contributed by atoms with van der Waals surface area (Å²) in [7, 11) is 1.66. The largest absolute Gasteiger partial charge is 0.493 e. The zero-order valence-corrected chi connectivity index (χ0v) is 12.8. The summed E-state index contributed by atoms with van der Waals surface area (Å²) in [6.45, 7) is 0.661. The third kappa shape index (κ3) is 3.35. The van der Waals surface area contributed by atoms with Crippen molar-refractivity contribution in [3.63, 3.8) is 0 Å². The van der Waals surface area contributed by atoms with Gasteiger partial charge in [0, 0.05) is 19.2 Å². The van der Waals surface area contributed by atoms with Crippen LogP contribution >= 0.6 is 0 Å². The number of anilines is 1. The van der Waals surface area contributed by atoms with Gasteiger partial charge in [0.1, 0.15) is 11.6 Å². The number of fused-ring (bicyclic) bond motifs is 1. The van der Waals surface area contributed by atoms with Gasteiger partial charge in [-0.3, -0.25) is 4.79 Å². The van der Waals surface area contributed by atoms with E-state index in [0.29, 0.717) is 12.2 Å². The fraction of sp³-hybridized carbons (Fsp3) is 0.278. The topological polar surface area (TPSA) is 49.8 Å². The lowest BCUT2D eigenvalue weighted by Crippen LogP contribution is -2.27. The summed E-state index contributed by atoms with van der Waals surface area (Å²) in [5, 5.41) is 10.1. The number of nitrogens with zero attached hydrogens (tertiary/aromatic N) is 1. The lowest BCUT2D eigenvalue weighted by molar-refractivity contribution is -0.120. The van der Waals surface area contributed by atoms with Crippen LogP contribution in [0.25, 0.3) is 0 Å². The molecule has 1 aliphatic heterocycles. The predicted molar refractivity (Wildman–Crippen MR) is 85.0 cm³/mol. The summed E-state index contributed by atoms with van der Waals surface area (Å²) < 4.78 is 18.6. The first-order valence-corrected chi connectivity index (χ1v) is 7.50. The minimum atomic E-state index is -1.03. The van der Waals surface area contributed by atoms with Crippen LogP contribution in [-0.4, -0.2) is 24.7 Å². The van der Waals surface area contributed by atoms with Gasteiger partial charge in [0.2, 0.25) is 5.91 Å². The van der Waals surface area contributed by atoms with E-state index in [2.05, 4.69) is 0 Å². The van der Waals surface area contributed by atoms with Gasteiger partial charge in [0.25, 0.3) is 0 Å². The molecular formula is C18H18FNO3. The van der Waals surface area contributed by atoms with Crippen LogP contribution in [0.3, 0.4) is 0 Å². The van der Waals surface area contributed by atoms with E-state index in [1.165, 1.54) is 23.1 Å². The van der Waals surface area contributed by atoms with Crippen molar-refractivity contribution in [2.45, 2.75) is 18.9 Å². The summed E-state index contributed by atoms with van der Waals surface area (Å²) in [6, 6.07) is 11.3. The highest BCUT2D eigenvalue weighted by Crippen LogP contribution is 2.30. The van der Waals surface area contributed by atoms with Crippen molar-refractivity contribution in [1.29, 1.82) is 0 Å². The summed E-state index contributed by atoms with van der Waals surface area (Å²) in [4.78, 5) is 13.9. The highest BCUT2D eigenvalue weighted by Gasteiger charge is 2.20. The lowest BCUT2D eigenvalue weighted by atomic mass is 10.1. The van der Waals surface area contributed by atoms with Gasteiger partial charge in [-0.05, 0) is 41.5 Å². The van der Waals surface area contributed by atoms with Gasteiger partial charge in [-0.1, -0.05) is 12.1 Å². The SMILES string of the molecule is CN(C(=O)CC(O)c1cccc(F)c1)c1ccc2c(c1)CCO2. The van der Waals surface area contributed by atoms with E-state index < -0.39 is 11.9 Å². The zero-order valence-electron chi connectivity index (χ0n) is 12.8. The Labute approximate surface area is 134 Å². The molecule has 1 amide bonds.